The molecule has 17 heavy (non-hydrogen) atoms. The monoisotopic (exact) mass is 290 g/mol. The van der Waals surface area contributed by atoms with Gasteiger partial charge in [0.2, 0.25) is 0 Å². The topological polar surface area (TPSA) is 157 Å². The summed E-state index contributed by atoms with van der Waals surface area (Å²) < 4.78 is 21.6. The first kappa shape index (κ1) is 14.7. The Morgan fingerprint density at radius 1 is 1.24 bits per heavy atom. The zero-order valence-corrected chi connectivity index (χ0v) is 10.3. The number of amides is 1. The Labute approximate surface area is 95.8 Å². The molecule has 0 spiro atoms. The summed E-state index contributed by atoms with van der Waals surface area (Å²) in [5.74, 6) is -0.702. The lowest BCUT2D eigenvalue weighted by Gasteiger charge is -2.25. The molecule has 5 N–H and O–H groups in total. The van der Waals surface area contributed by atoms with Crippen LogP contribution in [0.2, 0.25) is 0 Å². The van der Waals surface area contributed by atoms with Gasteiger partial charge in [-0.3, -0.25) is 23.7 Å². The van der Waals surface area contributed by atoms with E-state index in [9.17, 15) is 13.9 Å². The van der Waals surface area contributed by atoms with E-state index in [-0.39, 0.29) is 6.61 Å². The molecule has 0 aromatic carbocycles. The lowest BCUT2D eigenvalue weighted by molar-refractivity contribution is -0.126. The lowest BCUT2D eigenvalue weighted by Crippen LogP contribution is -2.43. The Morgan fingerprint density at radius 2 is 1.71 bits per heavy atom. The van der Waals surface area contributed by atoms with Gasteiger partial charge in [-0.2, -0.15) is 0 Å². The van der Waals surface area contributed by atoms with E-state index in [0.717, 1.165) is 0 Å². The third kappa shape index (κ3) is 5.24. The molecule has 1 unspecified atom stereocenters. The van der Waals surface area contributed by atoms with Gasteiger partial charge in [-0.1, -0.05) is 0 Å². The predicted octanol–water partition coefficient (Wildman–Crippen LogP) is -2.01. The van der Waals surface area contributed by atoms with E-state index < -0.39 is 39.7 Å². The Morgan fingerprint density at radius 3 is 2.00 bits per heavy atom. The van der Waals surface area contributed by atoms with Crippen molar-refractivity contribution in [3.8, 4) is 0 Å². The van der Waals surface area contributed by atoms with Crippen LogP contribution in [0.1, 0.15) is 0 Å². The predicted molar refractivity (Wildman–Crippen MR) is 53.5 cm³/mol. The number of carbonyl (C=O) groups excluding carboxylic acids is 1. The van der Waals surface area contributed by atoms with Crippen LogP contribution in [0.25, 0.3) is 0 Å². The molecule has 12 heteroatoms. The average Bonchev–Trinajstić information content (AvgIpc) is 2.44. The first-order valence-electron chi connectivity index (χ1n) is 4.33. The molecule has 100 valence electrons. The molecule has 1 atom stereocenters. The average molecular weight is 290 g/mol. The van der Waals surface area contributed by atoms with Gasteiger partial charge in [0.05, 0.1) is 6.61 Å². The third-order valence-electron chi connectivity index (χ3n) is 1.89. The van der Waals surface area contributed by atoms with Crippen LogP contribution in [-0.4, -0.2) is 55.6 Å². The second kappa shape index (κ2) is 5.13. The smallest absolute Gasteiger partial charge is 0.324 e. The maximum Gasteiger partial charge on any atom is 0.339 e. The van der Waals surface area contributed by atoms with Gasteiger partial charge >= 0.3 is 15.2 Å². The third-order valence-corrected chi connectivity index (χ3v) is 3.35. The van der Waals surface area contributed by atoms with Crippen molar-refractivity contribution in [3.05, 3.63) is 0 Å². The highest BCUT2D eigenvalue weighted by molar-refractivity contribution is 7.52. The van der Waals surface area contributed by atoms with E-state index in [4.69, 9.17) is 19.6 Å². The Kier molecular flexibility index (Phi) is 4.45. The number of hydrogen-bond donors (Lipinski definition) is 5. The molecule has 1 rings (SSSR count). The van der Waals surface area contributed by atoms with E-state index in [0.29, 0.717) is 4.90 Å². The zero-order chi connectivity index (χ0) is 13.3. The number of carbonyl (C=O) groups is 1. The zero-order valence-electron chi connectivity index (χ0n) is 8.46. The number of hydrogen-bond acceptors (Lipinski definition) is 5. The van der Waals surface area contributed by atoms with Gasteiger partial charge in [-0.25, -0.2) is 5.48 Å². The summed E-state index contributed by atoms with van der Waals surface area (Å²) in [6, 6.07) is -1.13. The van der Waals surface area contributed by atoms with Gasteiger partial charge in [0.1, 0.15) is 18.6 Å². The molecule has 1 saturated heterocycles. The molecule has 0 aromatic heterocycles. The van der Waals surface area contributed by atoms with Crippen molar-refractivity contribution < 1.29 is 38.3 Å². The van der Waals surface area contributed by atoms with Crippen LogP contribution in [0.15, 0.2) is 0 Å². The minimum atomic E-state index is -4.54. The summed E-state index contributed by atoms with van der Waals surface area (Å²) in [5.41, 5.74) is 1.94. The van der Waals surface area contributed by atoms with Crippen LogP contribution in [0.4, 0.5) is 0 Å². The van der Waals surface area contributed by atoms with Crippen LogP contribution < -0.4 is 5.48 Å². The van der Waals surface area contributed by atoms with Crippen molar-refractivity contribution in [2.75, 3.05) is 19.2 Å². The molecule has 1 heterocycles. The fraction of sp³-hybridized carbons (Fsp3) is 0.800. The number of rotatable bonds is 5. The van der Waals surface area contributed by atoms with E-state index in [1.807, 2.05) is 5.48 Å². The normalized spacial score (nSPS) is 21.9. The highest BCUT2D eigenvalue weighted by Gasteiger charge is 2.38. The summed E-state index contributed by atoms with van der Waals surface area (Å²) in [5, 5.41) is 0. The van der Waals surface area contributed by atoms with Gasteiger partial charge in [0, 0.05) is 0 Å². The summed E-state index contributed by atoms with van der Waals surface area (Å²) in [6.45, 7) is -0.237. The summed E-state index contributed by atoms with van der Waals surface area (Å²) in [6.07, 6.45) is -1.86. The van der Waals surface area contributed by atoms with Gasteiger partial charge < -0.3 is 19.6 Å². The second-order valence-corrected chi connectivity index (χ2v) is 6.72. The van der Waals surface area contributed by atoms with Gasteiger partial charge in [-0.05, 0) is 0 Å². The molecule has 1 aliphatic rings. The maximum absolute atomic E-state index is 11.2. The van der Waals surface area contributed by atoms with Crippen LogP contribution in [0, 0.1) is 0 Å². The van der Waals surface area contributed by atoms with Crippen LogP contribution in [0.5, 0.6) is 0 Å². The molecule has 0 radical (unpaired) electrons. The number of hydroxylamine groups is 1. The van der Waals surface area contributed by atoms with E-state index in [1.54, 1.807) is 0 Å². The van der Waals surface area contributed by atoms with Gasteiger partial charge in [0.25, 0.3) is 5.91 Å². The largest absolute Gasteiger partial charge is 0.339 e. The van der Waals surface area contributed by atoms with Crippen molar-refractivity contribution in [1.82, 2.24) is 10.4 Å². The fourth-order valence-electron chi connectivity index (χ4n) is 1.32. The van der Waals surface area contributed by atoms with E-state index >= 15 is 0 Å². The molecule has 1 fully saturated rings. The van der Waals surface area contributed by atoms with Crippen LogP contribution in [-0.2, 0) is 18.8 Å². The molecule has 1 aliphatic heterocycles. The standard InChI is InChI=1S/C5H12N2O8P2/c8-5-4(1-15-6-5)7(2-16(9,10)11)3-17(12,13)14/h4H,1-3H2,(H,6,8)(H2,9,10,11)(H2,12,13,14). The van der Waals surface area contributed by atoms with Crippen molar-refractivity contribution in [2.45, 2.75) is 6.04 Å². The first-order valence-corrected chi connectivity index (χ1v) is 7.93. The Hall–Kier alpha value is -0.310. The molecule has 0 aliphatic carbocycles. The highest BCUT2D eigenvalue weighted by atomic mass is 31.2. The van der Waals surface area contributed by atoms with Gasteiger partial charge in [0.15, 0.2) is 0 Å². The minimum Gasteiger partial charge on any atom is -0.324 e. The quantitative estimate of drug-likeness (QED) is 0.361. The van der Waals surface area contributed by atoms with Crippen molar-refractivity contribution >= 4 is 21.1 Å². The minimum absolute atomic E-state index is 0.237. The van der Waals surface area contributed by atoms with E-state index in [1.165, 1.54) is 0 Å². The molecule has 0 saturated carbocycles. The summed E-state index contributed by atoms with van der Waals surface area (Å²) in [7, 11) is -9.08. The Balaban J connectivity index is 2.82. The molecule has 0 aromatic rings. The molecule has 10 nitrogen and oxygen atoms in total. The summed E-state index contributed by atoms with van der Waals surface area (Å²) in [4.78, 5) is 51.5. The fourth-order valence-corrected chi connectivity index (χ4v) is 3.02. The summed E-state index contributed by atoms with van der Waals surface area (Å²) >= 11 is 0. The molecule has 0 bridgehead atoms. The van der Waals surface area contributed by atoms with Crippen molar-refractivity contribution in [3.63, 3.8) is 0 Å². The maximum atomic E-state index is 11.2. The Bertz CT molecular complexity index is 363. The first-order chi connectivity index (χ1) is 7.58. The molecular formula is C5H12N2O8P2. The number of nitrogens with zero attached hydrogens (tertiary/aromatic N) is 1. The molecular weight excluding hydrogens is 278 g/mol. The number of nitrogens with one attached hydrogen (secondary N) is 1. The second-order valence-electron chi connectivity index (χ2n) is 3.49. The van der Waals surface area contributed by atoms with E-state index in [2.05, 4.69) is 4.84 Å². The van der Waals surface area contributed by atoms with Crippen LogP contribution >= 0.6 is 15.2 Å². The SMILES string of the molecule is O=C1NOCC1N(CP(=O)(O)O)CP(=O)(O)O. The van der Waals surface area contributed by atoms with Gasteiger partial charge in [-0.15, -0.1) is 0 Å². The molecule has 1 amide bonds. The van der Waals surface area contributed by atoms with Crippen molar-refractivity contribution in [1.29, 1.82) is 0 Å². The highest BCUT2D eigenvalue weighted by Crippen LogP contribution is 2.41. The lowest BCUT2D eigenvalue weighted by atomic mass is 10.3. The van der Waals surface area contributed by atoms with Crippen LogP contribution in [0.3, 0.4) is 0 Å². The van der Waals surface area contributed by atoms with Crippen molar-refractivity contribution in [2.24, 2.45) is 0 Å².